The van der Waals surface area contributed by atoms with Gasteiger partial charge in [0.15, 0.2) is 0 Å². The molecule has 0 radical (unpaired) electrons. The van der Waals surface area contributed by atoms with Crippen molar-refractivity contribution in [2.45, 2.75) is 19.8 Å². The largest absolute Gasteiger partial charge is 0.466 e. The summed E-state index contributed by atoms with van der Waals surface area (Å²) in [6.07, 6.45) is 0.714. The summed E-state index contributed by atoms with van der Waals surface area (Å²) in [7, 11) is 3.49. The summed E-state index contributed by atoms with van der Waals surface area (Å²) in [6.45, 7) is 3.22. The van der Waals surface area contributed by atoms with Crippen LogP contribution in [0.2, 0.25) is 0 Å². The summed E-state index contributed by atoms with van der Waals surface area (Å²) in [5, 5.41) is 2.90. The average molecular weight is 216 g/mol. The zero-order chi connectivity index (χ0) is 11.7. The van der Waals surface area contributed by atoms with Crippen molar-refractivity contribution in [2.75, 3.05) is 33.8 Å². The second kappa shape index (κ2) is 8.23. The third-order valence-corrected chi connectivity index (χ3v) is 1.97. The Hall–Kier alpha value is -1.10. The fourth-order valence-corrected chi connectivity index (χ4v) is 1.04. The summed E-state index contributed by atoms with van der Waals surface area (Å²) in [5.74, 6) is -0.223. The van der Waals surface area contributed by atoms with Crippen molar-refractivity contribution in [3.8, 4) is 0 Å². The predicted octanol–water partition coefficient (Wildman–Crippen LogP) is 0.00750. The van der Waals surface area contributed by atoms with Gasteiger partial charge in [0.2, 0.25) is 5.91 Å². The van der Waals surface area contributed by atoms with Crippen molar-refractivity contribution in [3.63, 3.8) is 0 Å². The van der Waals surface area contributed by atoms with Crippen molar-refractivity contribution in [1.29, 1.82) is 0 Å². The van der Waals surface area contributed by atoms with E-state index in [1.165, 1.54) is 0 Å². The van der Waals surface area contributed by atoms with Crippen LogP contribution >= 0.6 is 0 Å². The molecule has 0 aliphatic rings. The first kappa shape index (κ1) is 13.9. The Morgan fingerprint density at radius 1 is 1.33 bits per heavy atom. The van der Waals surface area contributed by atoms with Crippen LogP contribution in [0.5, 0.6) is 0 Å². The molecule has 1 amide bonds. The number of ether oxygens (including phenoxy) is 1. The monoisotopic (exact) mass is 216 g/mol. The Balaban J connectivity index is 3.67. The molecule has 0 saturated heterocycles. The molecule has 88 valence electrons. The molecule has 0 aliphatic heterocycles. The summed E-state index contributed by atoms with van der Waals surface area (Å²) >= 11 is 0. The van der Waals surface area contributed by atoms with Crippen LogP contribution in [-0.2, 0) is 14.3 Å². The summed E-state index contributed by atoms with van der Waals surface area (Å²) in [5.41, 5.74) is 0. The molecule has 0 saturated carbocycles. The highest BCUT2D eigenvalue weighted by atomic mass is 16.5. The SMILES string of the molecule is CCOC(=O)CCN(C)C(=O)CCNC. The van der Waals surface area contributed by atoms with E-state index in [1.807, 2.05) is 0 Å². The maximum atomic E-state index is 11.4. The van der Waals surface area contributed by atoms with E-state index >= 15 is 0 Å². The lowest BCUT2D eigenvalue weighted by Crippen LogP contribution is -2.31. The van der Waals surface area contributed by atoms with Gasteiger partial charge in [-0.05, 0) is 14.0 Å². The van der Waals surface area contributed by atoms with E-state index in [9.17, 15) is 9.59 Å². The third-order valence-electron chi connectivity index (χ3n) is 1.97. The molecule has 1 N–H and O–H groups in total. The number of hydrogen-bond donors (Lipinski definition) is 1. The van der Waals surface area contributed by atoms with Gasteiger partial charge in [-0.2, -0.15) is 0 Å². The fraction of sp³-hybridized carbons (Fsp3) is 0.800. The number of amides is 1. The minimum absolute atomic E-state index is 0.0358. The lowest BCUT2D eigenvalue weighted by molar-refractivity contribution is -0.143. The van der Waals surface area contributed by atoms with Gasteiger partial charge in [-0.3, -0.25) is 9.59 Å². The van der Waals surface area contributed by atoms with Gasteiger partial charge in [0, 0.05) is 26.6 Å². The molecule has 0 atom stereocenters. The zero-order valence-corrected chi connectivity index (χ0v) is 9.71. The van der Waals surface area contributed by atoms with Gasteiger partial charge in [0.1, 0.15) is 0 Å². The van der Waals surface area contributed by atoms with Gasteiger partial charge in [-0.1, -0.05) is 0 Å². The van der Waals surface area contributed by atoms with Crippen molar-refractivity contribution in [2.24, 2.45) is 0 Å². The van der Waals surface area contributed by atoms with Gasteiger partial charge < -0.3 is 15.0 Å². The van der Waals surface area contributed by atoms with Crippen molar-refractivity contribution < 1.29 is 14.3 Å². The Kier molecular flexibility index (Phi) is 7.62. The molecule has 5 heteroatoms. The quantitative estimate of drug-likeness (QED) is 0.609. The highest BCUT2D eigenvalue weighted by Gasteiger charge is 2.10. The highest BCUT2D eigenvalue weighted by molar-refractivity contribution is 5.77. The number of nitrogens with zero attached hydrogens (tertiary/aromatic N) is 1. The smallest absolute Gasteiger partial charge is 0.307 e. The van der Waals surface area contributed by atoms with Crippen LogP contribution in [0.25, 0.3) is 0 Å². The Morgan fingerprint density at radius 3 is 2.53 bits per heavy atom. The minimum atomic E-state index is -0.259. The zero-order valence-electron chi connectivity index (χ0n) is 9.71. The van der Waals surface area contributed by atoms with Crippen LogP contribution in [0.15, 0.2) is 0 Å². The van der Waals surface area contributed by atoms with Crippen LogP contribution in [0, 0.1) is 0 Å². The molecule has 0 heterocycles. The maximum absolute atomic E-state index is 11.4. The lowest BCUT2D eigenvalue weighted by atomic mass is 10.3. The van der Waals surface area contributed by atoms with Gasteiger partial charge >= 0.3 is 5.97 Å². The predicted molar refractivity (Wildman–Crippen MR) is 57.4 cm³/mol. The van der Waals surface area contributed by atoms with Crippen molar-refractivity contribution in [1.82, 2.24) is 10.2 Å². The number of esters is 1. The molecule has 0 aromatic carbocycles. The standard InChI is InChI=1S/C10H20N2O3/c1-4-15-10(14)6-8-12(3)9(13)5-7-11-2/h11H,4-8H2,1-3H3. The van der Waals surface area contributed by atoms with E-state index in [-0.39, 0.29) is 18.3 Å². The van der Waals surface area contributed by atoms with Gasteiger partial charge in [-0.15, -0.1) is 0 Å². The molecule has 0 bridgehead atoms. The Bertz CT molecular complexity index is 207. The number of carbonyl (C=O) groups excluding carboxylic acids is 2. The molecule has 0 unspecified atom stereocenters. The first-order valence-corrected chi connectivity index (χ1v) is 5.16. The average Bonchev–Trinajstić information content (AvgIpc) is 2.22. The number of rotatable bonds is 7. The second-order valence-corrected chi connectivity index (χ2v) is 3.22. The van der Waals surface area contributed by atoms with E-state index < -0.39 is 0 Å². The van der Waals surface area contributed by atoms with Crippen LogP contribution < -0.4 is 5.32 Å². The highest BCUT2D eigenvalue weighted by Crippen LogP contribution is 1.94. The topological polar surface area (TPSA) is 58.6 Å². The maximum Gasteiger partial charge on any atom is 0.307 e. The normalized spacial score (nSPS) is 9.80. The first-order valence-electron chi connectivity index (χ1n) is 5.16. The third kappa shape index (κ3) is 6.90. The molecule has 0 spiro atoms. The molecule has 0 fully saturated rings. The first-order chi connectivity index (χ1) is 7.11. The molecular weight excluding hydrogens is 196 g/mol. The number of carbonyl (C=O) groups is 2. The second-order valence-electron chi connectivity index (χ2n) is 3.22. The summed E-state index contributed by atoms with van der Waals surface area (Å²) in [6, 6.07) is 0. The van der Waals surface area contributed by atoms with Crippen LogP contribution in [0.3, 0.4) is 0 Å². The van der Waals surface area contributed by atoms with Gasteiger partial charge in [0.25, 0.3) is 0 Å². The molecular formula is C10H20N2O3. The molecule has 15 heavy (non-hydrogen) atoms. The molecule has 0 aliphatic carbocycles. The van der Waals surface area contributed by atoms with Gasteiger partial charge in [-0.25, -0.2) is 0 Å². The molecule has 5 nitrogen and oxygen atoms in total. The fourth-order valence-electron chi connectivity index (χ4n) is 1.04. The van der Waals surface area contributed by atoms with E-state index in [2.05, 4.69) is 5.32 Å². The van der Waals surface area contributed by atoms with E-state index in [0.29, 0.717) is 26.1 Å². The molecule has 0 aromatic heterocycles. The Labute approximate surface area is 90.8 Å². The van der Waals surface area contributed by atoms with Crippen LogP contribution in [0.1, 0.15) is 19.8 Å². The Morgan fingerprint density at radius 2 is 2.00 bits per heavy atom. The molecule has 0 rings (SSSR count). The number of nitrogens with one attached hydrogen (secondary N) is 1. The van der Waals surface area contributed by atoms with Crippen molar-refractivity contribution >= 4 is 11.9 Å². The minimum Gasteiger partial charge on any atom is -0.466 e. The summed E-state index contributed by atoms with van der Waals surface area (Å²) < 4.78 is 4.76. The molecule has 0 aromatic rings. The van der Waals surface area contributed by atoms with Crippen LogP contribution in [0.4, 0.5) is 0 Å². The van der Waals surface area contributed by atoms with Crippen molar-refractivity contribution in [3.05, 3.63) is 0 Å². The van der Waals surface area contributed by atoms with E-state index in [1.54, 1.807) is 25.9 Å². The van der Waals surface area contributed by atoms with Gasteiger partial charge in [0.05, 0.1) is 13.0 Å². The van der Waals surface area contributed by atoms with Crippen LogP contribution in [-0.4, -0.2) is 50.6 Å². The lowest BCUT2D eigenvalue weighted by Gasteiger charge is -2.16. The van der Waals surface area contributed by atoms with E-state index in [0.717, 1.165) is 0 Å². The number of hydrogen-bond acceptors (Lipinski definition) is 4. The van der Waals surface area contributed by atoms with E-state index in [4.69, 9.17) is 4.74 Å². The summed E-state index contributed by atoms with van der Waals surface area (Å²) in [4.78, 5) is 24.0.